The second-order valence-electron chi connectivity index (χ2n) is 3.14. The van der Waals surface area contributed by atoms with Crippen LogP contribution in [0, 0.1) is 0 Å². The number of aryl methyl sites for hydroxylation is 1. The molecule has 0 saturated heterocycles. The first-order chi connectivity index (χ1) is 7.69. The molecular formula is C9H10BrN3O3. The van der Waals surface area contributed by atoms with Gasteiger partial charge in [-0.25, -0.2) is 14.0 Å². The predicted molar refractivity (Wildman–Crippen MR) is 60.3 cm³/mol. The molecule has 0 aliphatic carbocycles. The van der Waals surface area contributed by atoms with E-state index in [2.05, 4.69) is 21.0 Å². The van der Waals surface area contributed by atoms with E-state index in [-0.39, 0.29) is 11.7 Å². The summed E-state index contributed by atoms with van der Waals surface area (Å²) in [4.78, 5) is 11.8. The molecule has 0 aromatic carbocycles. The second-order valence-corrected chi connectivity index (χ2v) is 3.70. The highest BCUT2D eigenvalue weighted by atomic mass is 79.9. The molecular weight excluding hydrogens is 278 g/mol. The van der Waals surface area contributed by atoms with Crippen LogP contribution in [0.25, 0.3) is 5.69 Å². The Kier molecular flexibility index (Phi) is 2.86. The van der Waals surface area contributed by atoms with Gasteiger partial charge in [0.1, 0.15) is 6.26 Å². The third kappa shape index (κ3) is 1.57. The lowest BCUT2D eigenvalue weighted by Gasteiger charge is -2.02. The van der Waals surface area contributed by atoms with Crippen molar-refractivity contribution in [3.8, 4) is 11.7 Å². The zero-order valence-electron chi connectivity index (χ0n) is 8.81. The molecule has 0 saturated carbocycles. The van der Waals surface area contributed by atoms with Gasteiger partial charge in [0.2, 0.25) is 0 Å². The van der Waals surface area contributed by atoms with Crippen molar-refractivity contribution in [2.45, 2.75) is 5.33 Å². The summed E-state index contributed by atoms with van der Waals surface area (Å²) in [6, 6.07) is 0.233. The molecule has 0 bridgehead atoms. The first-order valence-corrected chi connectivity index (χ1v) is 5.62. The van der Waals surface area contributed by atoms with Crippen molar-refractivity contribution in [1.82, 2.24) is 14.3 Å². The lowest BCUT2D eigenvalue weighted by Crippen LogP contribution is -2.21. The van der Waals surface area contributed by atoms with Crippen LogP contribution in [0.5, 0.6) is 6.01 Å². The average Bonchev–Trinajstić information content (AvgIpc) is 2.84. The highest BCUT2D eigenvalue weighted by molar-refractivity contribution is 9.08. The van der Waals surface area contributed by atoms with Crippen LogP contribution in [0.15, 0.2) is 21.7 Å². The van der Waals surface area contributed by atoms with Crippen LogP contribution in [0.4, 0.5) is 0 Å². The Bertz CT molecular complexity index is 555. The largest absolute Gasteiger partial charge is 0.470 e. The number of hydrogen-bond acceptors (Lipinski definition) is 4. The molecule has 0 amide bonds. The molecule has 0 radical (unpaired) electrons. The lowest BCUT2D eigenvalue weighted by molar-refractivity contribution is 0.368. The molecule has 0 spiro atoms. The molecule has 0 atom stereocenters. The van der Waals surface area contributed by atoms with Gasteiger partial charge in [-0.15, -0.1) is 5.10 Å². The molecule has 0 fully saturated rings. The molecule has 0 unspecified atom stereocenters. The number of halogens is 1. The van der Waals surface area contributed by atoms with Crippen LogP contribution in [-0.4, -0.2) is 21.5 Å². The van der Waals surface area contributed by atoms with Gasteiger partial charge in [0.05, 0.1) is 19.1 Å². The lowest BCUT2D eigenvalue weighted by atomic mass is 10.3. The number of hydrogen-bond donors (Lipinski definition) is 0. The van der Waals surface area contributed by atoms with Gasteiger partial charge in [0, 0.05) is 17.9 Å². The Balaban J connectivity index is 2.68. The summed E-state index contributed by atoms with van der Waals surface area (Å²) < 4.78 is 12.7. The van der Waals surface area contributed by atoms with Gasteiger partial charge in [-0.1, -0.05) is 15.9 Å². The summed E-state index contributed by atoms with van der Waals surface area (Å²) in [6.07, 6.45) is 3.06. The molecule has 0 aliphatic heterocycles. The van der Waals surface area contributed by atoms with Crippen molar-refractivity contribution in [1.29, 1.82) is 0 Å². The minimum absolute atomic E-state index is 0.233. The van der Waals surface area contributed by atoms with E-state index in [0.717, 1.165) is 5.56 Å². The molecule has 2 aromatic rings. The van der Waals surface area contributed by atoms with E-state index in [1.165, 1.54) is 22.6 Å². The smallest absolute Gasteiger partial charge is 0.353 e. The first-order valence-electron chi connectivity index (χ1n) is 4.50. The molecule has 2 aromatic heterocycles. The topological polar surface area (TPSA) is 62.2 Å². The van der Waals surface area contributed by atoms with Crippen molar-refractivity contribution in [2.75, 3.05) is 7.11 Å². The standard InChI is InChI=1S/C9H10BrN3O3/c1-12-9(14)13(8(11-12)15-2)7-5-16-4-6(7)3-10/h4-5H,3H2,1-2H3. The maximum absolute atomic E-state index is 11.8. The monoisotopic (exact) mass is 287 g/mol. The van der Waals surface area contributed by atoms with E-state index in [9.17, 15) is 4.79 Å². The SMILES string of the molecule is COc1nn(C)c(=O)n1-c1cocc1CBr. The number of methoxy groups -OCH3 is 1. The van der Waals surface area contributed by atoms with Gasteiger partial charge in [0.25, 0.3) is 0 Å². The molecule has 0 aliphatic rings. The number of rotatable bonds is 3. The third-order valence-corrected chi connectivity index (χ3v) is 2.79. The van der Waals surface area contributed by atoms with E-state index in [1.807, 2.05) is 0 Å². The summed E-state index contributed by atoms with van der Waals surface area (Å²) in [6.45, 7) is 0. The molecule has 2 rings (SSSR count). The van der Waals surface area contributed by atoms with Gasteiger partial charge < -0.3 is 9.15 Å². The highest BCUT2D eigenvalue weighted by Crippen LogP contribution is 2.20. The maximum Gasteiger partial charge on any atom is 0.353 e. The van der Waals surface area contributed by atoms with Crippen LogP contribution < -0.4 is 10.4 Å². The molecule has 2 heterocycles. The fraction of sp³-hybridized carbons (Fsp3) is 0.333. The number of aromatic nitrogens is 3. The number of alkyl halides is 1. The maximum atomic E-state index is 11.8. The van der Waals surface area contributed by atoms with Crippen LogP contribution >= 0.6 is 15.9 Å². The second kappa shape index (κ2) is 4.17. The van der Waals surface area contributed by atoms with E-state index in [4.69, 9.17) is 9.15 Å². The quantitative estimate of drug-likeness (QED) is 0.792. The van der Waals surface area contributed by atoms with Gasteiger partial charge in [-0.3, -0.25) is 0 Å². The summed E-state index contributed by atoms with van der Waals surface area (Å²) in [5.41, 5.74) is 1.21. The molecule has 7 heteroatoms. The molecule has 16 heavy (non-hydrogen) atoms. The number of ether oxygens (including phenoxy) is 1. The van der Waals surface area contributed by atoms with E-state index in [1.54, 1.807) is 13.3 Å². The Morgan fingerprint density at radius 3 is 2.94 bits per heavy atom. The van der Waals surface area contributed by atoms with Gasteiger partial charge in [0.15, 0.2) is 0 Å². The van der Waals surface area contributed by atoms with E-state index >= 15 is 0 Å². The Labute approximate surface area is 99.6 Å². The van der Waals surface area contributed by atoms with Gasteiger partial charge in [-0.05, 0) is 0 Å². The Morgan fingerprint density at radius 1 is 1.56 bits per heavy atom. The normalized spacial score (nSPS) is 10.7. The Hall–Kier alpha value is -1.50. The number of furan rings is 1. The van der Waals surface area contributed by atoms with Crippen LogP contribution in [0.1, 0.15) is 5.56 Å². The molecule has 0 N–H and O–H groups in total. The van der Waals surface area contributed by atoms with Crippen molar-refractivity contribution in [3.63, 3.8) is 0 Å². The molecule has 86 valence electrons. The van der Waals surface area contributed by atoms with Gasteiger partial charge >= 0.3 is 11.7 Å². The minimum Gasteiger partial charge on any atom is -0.470 e. The Morgan fingerprint density at radius 2 is 2.31 bits per heavy atom. The van der Waals surface area contributed by atoms with E-state index in [0.29, 0.717) is 11.0 Å². The third-order valence-electron chi connectivity index (χ3n) is 2.18. The van der Waals surface area contributed by atoms with Crippen molar-refractivity contribution in [3.05, 3.63) is 28.6 Å². The zero-order valence-corrected chi connectivity index (χ0v) is 10.4. The average molecular weight is 288 g/mol. The predicted octanol–water partition coefficient (Wildman–Crippen LogP) is 1.07. The van der Waals surface area contributed by atoms with Crippen molar-refractivity contribution < 1.29 is 9.15 Å². The fourth-order valence-electron chi connectivity index (χ4n) is 1.39. The number of nitrogens with zero attached hydrogens (tertiary/aromatic N) is 3. The summed E-state index contributed by atoms with van der Waals surface area (Å²) >= 11 is 3.32. The van der Waals surface area contributed by atoms with Crippen LogP contribution in [0.3, 0.4) is 0 Å². The highest BCUT2D eigenvalue weighted by Gasteiger charge is 2.17. The molecule has 6 nitrogen and oxygen atoms in total. The van der Waals surface area contributed by atoms with Crippen molar-refractivity contribution in [2.24, 2.45) is 7.05 Å². The van der Waals surface area contributed by atoms with Crippen LogP contribution in [-0.2, 0) is 12.4 Å². The fourth-order valence-corrected chi connectivity index (χ4v) is 1.81. The first kappa shape index (κ1) is 11.0. The summed E-state index contributed by atoms with van der Waals surface area (Å²) in [7, 11) is 3.03. The van der Waals surface area contributed by atoms with Gasteiger partial charge in [-0.2, -0.15) is 0 Å². The van der Waals surface area contributed by atoms with Crippen molar-refractivity contribution >= 4 is 15.9 Å². The summed E-state index contributed by atoms with van der Waals surface area (Å²) in [5.74, 6) is 0. The van der Waals surface area contributed by atoms with Crippen LogP contribution in [0.2, 0.25) is 0 Å². The minimum atomic E-state index is -0.277. The zero-order chi connectivity index (χ0) is 11.7. The van der Waals surface area contributed by atoms with E-state index < -0.39 is 0 Å². The summed E-state index contributed by atoms with van der Waals surface area (Å²) in [5, 5.41) is 4.53.